The number of ether oxygens (including phenoxy) is 1. The van der Waals surface area contributed by atoms with Gasteiger partial charge in [-0.3, -0.25) is 0 Å². The minimum Gasteiger partial charge on any atom is -0.475 e. The van der Waals surface area contributed by atoms with Crippen molar-refractivity contribution in [3.8, 4) is 5.88 Å². The summed E-state index contributed by atoms with van der Waals surface area (Å²) in [5, 5.41) is 0. The zero-order valence-corrected chi connectivity index (χ0v) is 11.9. The Kier molecular flexibility index (Phi) is 4.20. The number of hydrogen-bond donors (Lipinski definition) is 0. The van der Waals surface area contributed by atoms with Gasteiger partial charge < -0.3 is 9.64 Å². The minimum absolute atomic E-state index is 0.144. The third-order valence-corrected chi connectivity index (χ3v) is 3.65. The quantitative estimate of drug-likeness (QED) is 0.804. The fourth-order valence-corrected chi connectivity index (χ4v) is 2.30. The van der Waals surface area contributed by atoms with Crippen LogP contribution in [0, 0.1) is 0 Å². The van der Waals surface area contributed by atoms with E-state index in [-0.39, 0.29) is 6.10 Å². The van der Waals surface area contributed by atoms with Gasteiger partial charge in [-0.25, -0.2) is 9.97 Å². The summed E-state index contributed by atoms with van der Waals surface area (Å²) in [5.74, 6) is 1.63. The molecule has 0 atom stereocenters. The topological polar surface area (TPSA) is 38.2 Å². The Hall–Kier alpha value is -0.840. The maximum Gasteiger partial charge on any atom is 0.218 e. The largest absolute Gasteiger partial charge is 0.475 e. The van der Waals surface area contributed by atoms with Crippen LogP contribution in [-0.2, 0) is 0 Å². The lowest BCUT2D eigenvalue weighted by Gasteiger charge is -2.30. The Morgan fingerprint density at radius 3 is 2.71 bits per heavy atom. The highest BCUT2D eigenvalue weighted by Crippen LogP contribution is 2.23. The molecule has 5 heteroatoms. The molecule has 1 saturated heterocycles. The Balaban J connectivity index is 2.05. The van der Waals surface area contributed by atoms with Gasteiger partial charge in [0.05, 0.1) is 6.10 Å². The van der Waals surface area contributed by atoms with Crippen LogP contribution in [0.5, 0.6) is 5.88 Å². The first-order valence-corrected chi connectivity index (χ1v) is 6.94. The van der Waals surface area contributed by atoms with E-state index >= 15 is 0 Å². The van der Waals surface area contributed by atoms with Crippen molar-refractivity contribution < 1.29 is 4.74 Å². The molecule has 0 N–H and O–H groups in total. The Bertz CT molecular complexity index is 365. The number of halogens is 1. The molecule has 94 valence electrons. The third kappa shape index (κ3) is 3.56. The fourth-order valence-electron chi connectivity index (χ4n) is 1.89. The third-order valence-electron chi connectivity index (χ3n) is 2.73. The molecule has 0 bridgehead atoms. The summed E-state index contributed by atoms with van der Waals surface area (Å²) in [6.45, 7) is 6.07. The standard InChI is InChI=1S/C12H18BrN3O/c1-9(2)17-12-7-11(14-8-15-12)16-5-3-10(13)4-6-16/h7-10H,3-6H2,1-2H3. The first-order valence-electron chi connectivity index (χ1n) is 6.03. The summed E-state index contributed by atoms with van der Waals surface area (Å²) < 4.78 is 5.58. The molecule has 1 aliphatic rings. The van der Waals surface area contributed by atoms with E-state index in [4.69, 9.17) is 4.74 Å². The summed E-state index contributed by atoms with van der Waals surface area (Å²) >= 11 is 3.65. The van der Waals surface area contributed by atoms with Gasteiger partial charge >= 0.3 is 0 Å². The van der Waals surface area contributed by atoms with Gasteiger partial charge in [-0.2, -0.15) is 0 Å². The summed E-state index contributed by atoms with van der Waals surface area (Å²) in [6, 6.07) is 1.93. The van der Waals surface area contributed by atoms with Crippen LogP contribution in [0.1, 0.15) is 26.7 Å². The zero-order valence-electron chi connectivity index (χ0n) is 10.3. The number of hydrogen-bond acceptors (Lipinski definition) is 4. The molecule has 2 heterocycles. The van der Waals surface area contributed by atoms with Gasteiger partial charge in [0.1, 0.15) is 12.1 Å². The highest BCUT2D eigenvalue weighted by Gasteiger charge is 2.18. The van der Waals surface area contributed by atoms with Crippen LogP contribution in [0.2, 0.25) is 0 Å². The van der Waals surface area contributed by atoms with E-state index in [1.54, 1.807) is 6.33 Å². The van der Waals surface area contributed by atoms with Crippen LogP contribution in [0.3, 0.4) is 0 Å². The molecule has 1 fully saturated rings. The maximum atomic E-state index is 5.58. The van der Waals surface area contributed by atoms with Crippen LogP contribution in [-0.4, -0.2) is 34.0 Å². The minimum atomic E-state index is 0.144. The lowest BCUT2D eigenvalue weighted by Crippen LogP contribution is -2.34. The second-order valence-electron chi connectivity index (χ2n) is 4.54. The summed E-state index contributed by atoms with van der Waals surface area (Å²) in [7, 11) is 0. The van der Waals surface area contributed by atoms with Gasteiger partial charge in [-0.15, -0.1) is 0 Å². The van der Waals surface area contributed by atoms with Crippen molar-refractivity contribution in [3.05, 3.63) is 12.4 Å². The second kappa shape index (κ2) is 5.67. The summed E-state index contributed by atoms with van der Waals surface area (Å²) in [4.78, 5) is 11.4. The molecule has 0 saturated carbocycles. The number of piperidine rings is 1. The summed E-state index contributed by atoms with van der Waals surface area (Å²) in [6.07, 6.45) is 4.04. The van der Waals surface area contributed by atoms with E-state index in [2.05, 4.69) is 30.8 Å². The van der Waals surface area contributed by atoms with Crippen LogP contribution in [0.4, 0.5) is 5.82 Å². The van der Waals surface area contributed by atoms with Crippen molar-refractivity contribution in [2.45, 2.75) is 37.6 Å². The molecule has 0 aromatic carbocycles. The van der Waals surface area contributed by atoms with Gasteiger partial charge in [-0.1, -0.05) is 15.9 Å². The van der Waals surface area contributed by atoms with Crippen LogP contribution in [0.25, 0.3) is 0 Å². The Morgan fingerprint density at radius 1 is 1.35 bits per heavy atom. The normalized spacial score (nSPS) is 17.5. The van der Waals surface area contributed by atoms with Crippen molar-refractivity contribution in [1.29, 1.82) is 0 Å². The lowest BCUT2D eigenvalue weighted by atomic mass is 10.1. The number of rotatable bonds is 3. The molecule has 2 rings (SSSR count). The Morgan fingerprint density at radius 2 is 2.06 bits per heavy atom. The van der Waals surface area contributed by atoms with Gasteiger partial charge in [0.15, 0.2) is 0 Å². The van der Waals surface area contributed by atoms with Crippen molar-refractivity contribution in [2.75, 3.05) is 18.0 Å². The average Bonchev–Trinajstić information content (AvgIpc) is 2.29. The molecular formula is C12H18BrN3O. The molecule has 0 spiro atoms. The van der Waals surface area contributed by atoms with E-state index in [1.807, 2.05) is 19.9 Å². The smallest absolute Gasteiger partial charge is 0.218 e. The van der Waals surface area contributed by atoms with E-state index in [9.17, 15) is 0 Å². The summed E-state index contributed by atoms with van der Waals surface area (Å²) in [5.41, 5.74) is 0. The first kappa shape index (κ1) is 12.6. The van der Waals surface area contributed by atoms with Crippen molar-refractivity contribution in [3.63, 3.8) is 0 Å². The predicted molar refractivity (Wildman–Crippen MR) is 72.0 cm³/mol. The van der Waals surface area contributed by atoms with Gasteiger partial charge in [0, 0.05) is 24.0 Å². The first-order chi connectivity index (χ1) is 8.15. The molecule has 0 radical (unpaired) electrons. The molecular weight excluding hydrogens is 282 g/mol. The van der Waals surface area contributed by atoms with Crippen molar-refractivity contribution in [2.24, 2.45) is 0 Å². The van der Waals surface area contributed by atoms with Crippen LogP contribution < -0.4 is 9.64 Å². The van der Waals surface area contributed by atoms with Crippen LogP contribution in [0.15, 0.2) is 12.4 Å². The molecule has 1 aliphatic heterocycles. The van der Waals surface area contributed by atoms with Gasteiger partial charge in [0.2, 0.25) is 5.88 Å². The zero-order chi connectivity index (χ0) is 12.3. The second-order valence-corrected chi connectivity index (χ2v) is 5.84. The van der Waals surface area contributed by atoms with Crippen molar-refractivity contribution in [1.82, 2.24) is 9.97 Å². The molecule has 1 aromatic heterocycles. The van der Waals surface area contributed by atoms with E-state index in [0.717, 1.165) is 31.7 Å². The van der Waals surface area contributed by atoms with Crippen LogP contribution >= 0.6 is 15.9 Å². The van der Waals surface area contributed by atoms with Gasteiger partial charge in [-0.05, 0) is 26.7 Å². The molecule has 1 aromatic rings. The van der Waals surface area contributed by atoms with E-state index in [0.29, 0.717) is 10.7 Å². The number of aromatic nitrogens is 2. The molecule has 0 amide bonds. The van der Waals surface area contributed by atoms with E-state index < -0.39 is 0 Å². The van der Waals surface area contributed by atoms with E-state index in [1.165, 1.54) is 0 Å². The SMILES string of the molecule is CC(C)Oc1cc(N2CCC(Br)CC2)ncn1. The predicted octanol–water partition coefficient (Wildman–Crippen LogP) is 2.63. The lowest BCUT2D eigenvalue weighted by molar-refractivity contribution is 0.232. The molecule has 0 unspecified atom stereocenters. The van der Waals surface area contributed by atoms with Gasteiger partial charge in [0.25, 0.3) is 0 Å². The molecule has 4 nitrogen and oxygen atoms in total. The monoisotopic (exact) mass is 299 g/mol. The number of nitrogens with zero attached hydrogens (tertiary/aromatic N) is 3. The molecule has 17 heavy (non-hydrogen) atoms. The Labute approximate surface area is 111 Å². The number of anilines is 1. The van der Waals surface area contributed by atoms with Crippen molar-refractivity contribution >= 4 is 21.7 Å². The average molecular weight is 300 g/mol. The highest BCUT2D eigenvalue weighted by molar-refractivity contribution is 9.09. The fraction of sp³-hybridized carbons (Fsp3) is 0.667. The number of alkyl halides is 1. The maximum absolute atomic E-state index is 5.58. The highest BCUT2D eigenvalue weighted by atomic mass is 79.9. The molecule has 0 aliphatic carbocycles.